The van der Waals surface area contributed by atoms with E-state index in [1.807, 2.05) is 0 Å². The van der Waals surface area contributed by atoms with E-state index in [0.717, 1.165) is 0 Å². The SMILES string of the molecule is O=C(O)/C=C\C(=O)O.[NH4+].[NH4+]. The van der Waals surface area contributed by atoms with Crippen LogP contribution in [0.4, 0.5) is 0 Å². The van der Waals surface area contributed by atoms with Crippen LogP contribution < -0.4 is 12.3 Å². The van der Waals surface area contributed by atoms with E-state index in [9.17, 15) is 9.59 Å². The summed E-state index contributed by atoms with van der Waals surface area (Å²) >= 11 is 0. The normalized spacial score (nSPS) is 7.60. The molecule has 0 atom stereocenters. The molecule has 0 aliphatic heterocycles. The predicted octanol–water partition coefficient (Wildman–Crippen LogP) is 0.464. The smallest absolute Gasteiger partial charge is 0.328 e. The molecular formula is C4H12N2O4+2. The van der Waals surface area contributed by atoms with Crippen LogP contribution in [0.2, 0.25) is 0 Å². The minimum absolute atomic E-state index is 0. The molecule has 0 aliphatic carbocycles. The molecule has 0 amide bonds. The number of carboxylic acid groups (broad SMARTS) is 2. The highest BCUT2D eigenvalue weighted by Gasteiger charge is 1.88. The van der Waals surface area contributed by atoms with Gasteiger partial charge in [0.2, 0.25) is 0 Å². The van der Waals surface area contributed by atoms with Crippen LogP contribution in [0.1, 0.15) is 0 Å². The van der Waals surface area contributed by atoms with E-state index in [-0.39, 0.29) is 12.3 Å². The van der Waals surface area contributed by atoms with Gasteiger partial charge in [-0.25, -0.2) is 9.59 Å². The summed E-state index contributed by atoms with van der Waals surface area (Å²) in [5, 5.41) is 15.6. The van der Waals surface area contributed by atoms with Crippen molar-refractivity contribution in [3.8, 4) is 0 Å². The molecule has 10 heavy (non-hydrogen) atoms. The topological polar surface area (TPSA) is 148 Å². The van der Waals surface area contributed by atoms with Gasteiger partial charge in [-0.1, -0.05) is 0 Å². The van der Waals surface area contributed by atoms with Gasteiger partial charge in [-0.05, 0) is 0 Å². The Morgan fingerprint density at radius 2 is 1.10 bits per heavy atom. The molecule has 0 rings (SSSR count). The van der Waals surface area contributed by atoms with Crippen molar-refractivity contribution in [1.29, 1.82) is 0 Å². The maximum atomic E-state index is 9.55. The van der Waals surface area contributed by atoms with Crippen LogP contribution in [0.25, 0.3) is 0 Å². The number of carboxylic acids is 2. The molecule has 0 fully saturated rings. The number of rotatable bonds is 2. The average Bonchev–Trinajstić information content (AvgIpc) is 1.61. The van der Waals surface area contributed by atoms with E-state index >= 15 is 0 Å². The van der Waals surface area contributed by atoms with Gasteiger partial charge >= 0.3 is 11.9 Å². The molecule has 0 heterocycles. The van der Waals surface area contributed by atoms with E-state index in [1.54, 1.807) is 0 Å². The maximum Gasteiger partial charge on any atom is 0.328 e. The molecule has 6 heteroatoms. The number of hydrogen-bond acceptors (Lipinski definition) is 2. The average molecular weight is 152 g/mol. The third-order valence-electron chi connectivity index (χ3n) is 0.368. The minimum Gasteiger partial charge on any atom is -0.478 e. The maximum absolute atomic E-state index is 9.55. The second-order valence-electron chi connectivity index (χ2n) is 1.01. The summed E-state index contributed by atoms with van der Waals surface area (Å²) in [7, 11) is 0. The van der Waals surface area contributed by atoms with Gasteiger partial charge in [-0.15, -0.1) is 0 Å². The lowest BCUT2D eigenvalue weighted by Gasteiger charge is -1.74. The van der Waals surface area contributed by atoms with Crippen LogP contribution in [-0.4, -0.2) is 22.2 Å². The zero-order valence-electron chi connectivity index (χ0n) is 5.87. The Hall–Kier alpha value is -1.40. The first-order valence-electron chi connectivity index (χ1n) is 1.77. The molecule has 0 unspecified atom stereocenters. The Balaban J connectivity index is -0.000000245. The highest BCUT2D eigenvalue weighted by molar-refractivity contribution is 5.89. The highest BCUT2D eigenvalue weighted by atomic mass is 16.4. The summed E-state index contributed by atoms with van der Waals surface area (Å²) in [6, 6.07) is 0. The van der Waals surface area contributed by atoms with Crippen molar-refractivity contribution in [3.05, 3.63) is 12.2 Å². The number of carbonyl (C=O) groups is 2. The van der Waals surface area contributed by atoms with Crippen molar-refractivity contribution < 1.29 is 19.8 Å². The molecule has 0 aromatic carbocycles. The summed E-state index contributed by atoms with van der Waals surface area (Å²) < 4.78 is 0. The van der Waals surface area contributed by atoms with Crippen LogP contribution in [0.3, 0.4) is 0 Å². The second kappa shape index (κ2) is 7.60. The lowest BCUT2D eigenvalue weighted by Crippen LogP contribution is -1.91. The zero-order valence-corrected chi connectivity index (χ0v) is 5.87. The van der Waals surface area contributed by atoms with Gasteiger partial charge < -0.3 is 22.5 Å². The Morgan fingerprint density at radius 1 is 0.900 bits per heavy atom. The van der Waals surface area contributed by atoms with Gasteiger partial charge in [0, 0.05) is 12.2 Å². The molecule has 0 saturated heterocycles. The fraction of sp³-hybridized carbons (Fsp3) is 0. The molecule has 0 saturated carbocycles. The van der Waals surface area contributed by atoms with Crippen molar-refractivity contribution in [2.75, 3.05) is 0 Å². The van der Waals surface area contributed by atoms with Crippen molar-refractivity contribution in [1.82, 2.24) is 12.3 Å². The van der Waals surface area contributed by atoms with Gasteiger partial charge in [-0.3, -0.25) is 0 Å². The van der Waals surface area contributed by atoms with Crippen LogP contribution in [0.15, 0.2) is 12.2 Å². The quantitative estimate of drug-likeness (QED) is 0.425. The Labute approximate surface area is 57.3 Å². The van der Waals surface area contributed by atoms with Gasteiger partial charge in [0.15, 0.2) is 0 Å². The molecule has 0 radical (unpaired) electrons. The second-order valence-corrected chi connectivity index (χ2v) is 1.01. The van der Waals surface area contributed by atoms with Gasteiger partial charge in [0.25, 0.3) is 0 Å². The number of hydrogen-bond donors (Lipinski definition) is 4. The third kappa shape index (κ3) is 16.0. The molecular weight excluding hydrogens is 140 g/mol. The van der Waals surface area contributed by atoms with Crippen LogP contribution >= 0.6 is 0 Å². The van der Waals surface area contributed by atoms with E-state index in [4.69, 9.17) is 10.2 Å². The summed E-state index contributed by atoms with van der Waals surface area (Å²) in [5.74, 6) is -2.51. The lowest BCUT2D eigenvalue weighted by molar-refractivity contribution is -0.134. The Kier molecular flexibility index (Phi) is 12.0. The van der Waals surface area contributed by atoms with E-state index in [0.29, 0.717) is 12.2 Å². The summed E-state index contributed by atoms with van der Waals surface area (Å²) in [6.07, 6.45) is 1.12. The summed E-state index contributed by atoms with van der Waals surface area (Å²) in [6.45, 7) is 0. The fourth-order valence-electron chi connectivity index (χ4n) is 0.143. The third-order valence-corrected chi connectivity index (χ3v) is 0.368. The van der Waals surface area contributed by atoms with E-state index in [1.165, 1.54) is 0 Å². The molecule has 10 N–H and O–H groups in total. The van der Waals surface area contributed by atoms with Gasteiger partial charge in [0.05, 0.1) is 0 Å². The minimum atomic E-state index is -1.26. The van der Waals surface area contributed by atoms with Crippen LogP contribution in [-0.2, 0) is 9.59 Å². The van der Waals surface area contributed by atoms with Crippen LogP contribution in [0.5, 0.6) is 0 Å². The van der Waals surface area contributed by atoms with Crippen molar-refractivity contribution >= 4 is 11.9 Å². The first kappa shape index (κ1) is 15.8. The molecule has 6 nitrogen and oxygen atoms in total. The molecule has 0 aromatic heterocycles. The monoisotopic (exact) mass is 152 g/mol. The van der Waals surface area contributed by atoms with E-state index in [2.05, 4.69) is 0 Å². The Morgan fingerprint density at radius 3 is 1.20 bits per heavy atom. The molecule has 0 bridgehead atoms. The molecule has 0 spiro atoms. The van der Waals surface area contributed by atoms with Gasteiger partial charge in [0.1, 0.15) is 0 Å². The molecule has 60 valence electrons. The van der Waals surface area contributed by atoms with Crippen molar-refractivity contribution in [2.24, 2.45) is 0 Å². The molecule has 0 aliphatic rings. The van der Waals surface area contributed by atoms with E-state index < -0.39 is 11.9 Å². The molecule has 0 aromatic rings. The lowest BCUT2D eigenvalue weighted by atomic mass is 10.5. The number of aliphatic carboxylic acids is 2. The first-order valence-corrected chi connectivity index (χ1v) is 1.77. The van der Waals surface area contributed by atoms with Crippen molar-refractivity contribution in [3.63, 3.8) is 0 Å². The summed E-state index contributed by atoms with van der Waals surface area (Å²) in [4.78, 5) is 19.1. The standard InChI is InChI=1S/C4H4O4.2H3N/c5-3(6)1-2-4(7)8;;/h1-2H,(H,5,6)(H,7,8);2*1H3/p+2/b2-1-;;. The Bertz CT molecular complexity index is 126. The fourth-order valence-corrected chi connectivity index (χ4v) is 0.143. The largest absolute Gasteiger partial charge is 0.478 e. The zero-order chi connectivity index (χ0) is 6.57. The van der Waals surface area contributed by atoms with Crippen LogP contribution in [0, 0.1) is 0 Å². The number of quaternary nitrogens is 2. The predicted molar refractivity (Wildman–Crippen MR) is 36.4 cm³/mol. The first-order chi connectivity index (χ1) is 3.63. The van der Waals surface area contributed by atoms with Crippen molar-refractivity contribution in [2.45, 2.75) is 0 Å². The highest BCUT2D eigenvalue weighted by Crippen LogP contribution is 1.70. The van der Waals surface area contributed by atoms with Gasteiger partial charge in [-0.2, -0.15) is 0 Å². The summed E-state index contributed by atoms with van der Waals surface area (Å²) in [5.41, 5.74) is 0.